The van der Waals surface area contributed by atoms with E-state index >= 15 is 0 Å². The molecule has 24 heavy (non-hydrogen) atoms. The molecule has 0 unspecified atom stereocenters. The Labute approximate surface area is 142 Å². The monoisotopic (exact) mass is 352 g/mol. The van der Waals surface area contributed by atoms with Crippen LogP contribution in [0.5, 0.6) is 5.75 Å². The van der Waals surface area contributed by atoms with Crippen LogP contribution in [0.15, 0.2) is 18.2 Å². The molecule has 0 saturated heterocycles. The van der Waals surface area contributed by atoms with Crippen molar-refractivity contribution in [1.82, 2.24) is 4.98 Å². The van der Waals surface area contributed by atoms with E-state index in [-0.39, 0.29) is 44.9 Å². The summed E-state index contributed by atoms with van der Waals surface area (Å²) in [5, 5.41) is 11.9. The third kappa shape index (κ3) is 3.30. The number of aromatic carboxylic acids is 1. The van der Waals surface area contributed by atoms with Gasteiger partial charge in [0.15, 0.2) is 17.3 Å². The quantitative estimate of drug-likeness (QED) is 0.879. The van der Waals surface area contributed by atoms with Crippen LogP contribution in [0.25, 0.3) is 11.3 Å². The fourth-order valence-electron chi connectivity index (χ4n) is 2.19. The van der Waals surface area contributed by atoms with Crippen LogP contribution in [0.2, 0.25) is 5.02 Å². The van der Waals surface area contributed by atoms with Crippen LogP contribution >= 0.6 is 11.6 Å². The Hall–Kier alpha value is -2.67. The largest absolute Gasteiger partial charge is 0.492 e. The maximum Gasteiger partial charge on any atom is 0.354 e. The van der Waals surface area contributed by atoms with Crippen molar-refractivity contribution >= 4 is 29.2 Å². The summed E-state index contributed by atoms with van der Waals surface area (Å²) >= 11 is 5.86. The Morgan fingerprint density at radius 2 is 2.04 bits per heavy atom. The Morgan fingerprint density at radius 3 is 2.58 bits per heavy atom. The predicted molar refractivity (Wildman–Crippen MR) is 87.2 cm³/mol. The van der Waals surface area contributed by atoms with Crippen molar-refractivity contribution in [3.63, 3.8) is 0 Å². The lowest BCUT2D eigenvalue weighted by molar-refractivity contribution is -0.114. The molecule has 0 aliphatic rings. The Balaban J connectivity index is 2.73. The molecule has 1 aromatic heterocycles. The summed E-state index contributed by atoms with van der Waals surface area (Å²) in [6.45, 7) is 2.79. The van der Waals surface area contributed by atoms with Gasteiger partial charge in [-0.1, -0.05) is 11.6 Å². The maximum absolute atomic E-state index is 14.6. The van der Waals surface area contributed by atoms with Gasteiger partial charge in [0.05, 0.1) is 17.8 Å². The van der Waals surface area contributed by atoms with E-state index in [0.717, 1.165) is 0 Å². The first-order valence-electron chi connectivity index (χ1n) is 6.81. The number of pyridine rings is 1. The number of carboxylic acids is 1. The first-order chi connectivity index (χ1) is 11.3. The molecule has 1 heterocycles. The molecule has 0 aliphatic carbocycles. The minimum atomic E-state index is -1.29. The van der Waals surface area contributed by atoms with Gasteiger partial charge in [-0.15, -0.1) is 0 Å². The summed E-state index contributed by atoms with van der Waals surface area (Å²) in [6, 6.07) is 4.18. The molecule has 6 nitrogen and oxygen atoms in total. The molecule has 0 atom stereocenters. The Morgan fingerprint density at radius 1 is 1.38 bits per heavy atom. The Kier molecular flexibility index (Phi) is 5.04. The van der Waals surface area contributed by atoms with E-state index in [9.17, 15) is 19.1 Å². The molecule has 0 radical (unpaired) electrons. The normalized spacial score (nSPS) is 10.4. The summed E-state index contributed by atoms with van der Waals surface area (Å²) in [7, 11) is 1.27. The first kappa shape index (κ1) is 17.7. The van der Waals surface area contributed by atoms with Gasteiger partial charge in [-0.25, -0.2) is 14.2 Å². The van der Waals surface area contributed by atoms with E-state index in [1.807, 2.05) is 0 Å². The molecule has 2 aromatic rings. The standard InChI is InChI=1S/C16H14ClFN2O4/c1-7-11(19-8(2)21)6-12(20-14(7)16(22)23)9-4-5-10(17)15(24-3)13(9)18/h4-6H,1-3H3,(H,22,23)(H,19,20,21). The van der Waals surface area contributed by atoms with Crippen LogP contribution in [0.3, 0.4) is 0 Å². The van der Waals surface area contributed by atoms with Gasteiger partial charge in [0.2, 0.25) is 5.91 Å². The molecular formula is C16H14ClFN2O4. The van der Waals surface area contributed by atoms with Crippen LogP contribution in [0.1, 0.15) is 23.0 Å². The van der Waals surface area contributed by atoms with E-state index in [0.29, 0.717) is 0 Å². The zero-order chi connectivity index (χ0) is 18.0. The van der Waals surface area contributed by atoms with Gasteiger partial charge in [0.1, 0.15) is 0 Å². The predicted octanol–water partition coefficient (Wildman–Crippen LogP) is 3.51. The van der Waals surface area contributed by atoms with E-state index in [1.165, 1.54) is 39.2 Å². The lowest BCUT2D eigenvalue weighted by Crippen LogP contribution is -2.12. The minimum absolute atomic E-state index is 0.00496. The van der Waals surface area contributed by atoms with E-state index in [1.54, 1.807) is 0 Å². The fourth-order valence-corrected chi connectivity index (χ4v) is 2.42. The molecule has 0 aliphatic heterocycles. The number of carbonyl (C=O) groups is 2. The highest BCUT2D eigenvalue weighted by atomic mass is 35.5. The molecule has 1 aromatic carbocycles. The van der Waals surface area contributed by atoms with Gasteiger partial charge in [-0.3, -0.25) is 4.79 Å². The molecule has 8 heteroatoms. The number of anilines is 1. The number of nitrogens with one attached hydrogen (secondary N) is 1. The van der Waals surface area contributed by atoms with Crippen molar-refractivity contribution in [2.45, 2.75) is 13.8 Å². The van der Waals surface area contributed by atoms with Crippen LogP contribution in [-0.2, 0) is 4.79 Å². The number of aromatic nitrogens is 1. The van der Waals surface area contributed by atoms with Gasteiger partial charge in [-0.05, 0) is 25.1 Å². The van der Waals surface area contributed by atoms with Crippen LogP contribution in [0.4, 0.5) is 10.1 Å². The number of benzene rings is 1. The smallest absolute Gasteiger partial charge is 0.354 e. The number of hydrogen-bond acceptors (Lipinski definition) is 4. The molecule has 0 spiro atoms. The average Bonchev–Trinajstić information content (AvgIpc) is 2.49. The molecular weight excluding hydrogens is 339 g/mol. The van der Waals surface area contributed by atoms with Crippen LogP contribution < -0.4 is 10.1 Å². The average molecular weight is 353 g/mol. The molecule has 0 saturated carbocycles. The lowest BCUT2D eigenvalue weighted by Gasteiger charge is -2.13. The molecule has 126 valence electrons. The van der Waals surface area contributed by atoms with E-state index in [2.05, 4.69) is 10.3 Å². The molecule has 2 rings (SSSR count). The van der Waals surface area contributed by atoms with Gasteiger partial charge < -0.3 is 15.2 Å². The second kappa shape index (κ2) is 6.84. The number of hydrogen-bond donors (Lipinski definition) is 2. The van der Waals surface area contributed by atoms with Crippen molar-refractivity contribution in [1.29, 1.82) is 0 Å². The van der Waals surface area contributed by atoms with Crippen molar-refractivity contribution in [2.24, 2.45) is 0 Å². The first-order valence-corrected chi connectivity index (χ1v) is 7.19. The highest BCUT2D eigenvalue weighted by molar-refractivity contribution is 6.32. The fraction of sp³-hybridized carbons (Fsp3) is 0.188. The Bertz CT molecular complexity index is 839. The molecule has 0 bridgehead atoms. The van der Waals surface area contributed by atoms with Crippen LogP contribution in [0, 0.1) is 12.7 Å². The molecule has 1 amide bonds. The van der Waals surface area contributed by atoms with Gasteiger partial charge >= 0.3 is 5.97 Å². The number of halogens is 2. The number of amides is 1. The number of ether oxygens (including phenoxy) is 1. The summed E-state index contributed by atoms with van der Waals surface area (Å²) < 4.78 is 19.5. The third-order valence-corrected chi connectivity index (χ3v) is 3.61. The van der Waals surface area contributed by atoms with E-state index in [4.69, 9.17) is 16.3 Å². The zero-order valence-corrected chi connectivity index (χ0v) is 13.9. The van der Waals surface area contributed by atoms with Gasteiger partial charge in [0, 0.05) is 23.7 Å². The minimum Gasteiger partial charge on any atom is -0.492 e. The van der Waals surface area contributed by atoms with Crippen molar-refractivity contribution in [3.8, 4) is 17.0 Å². The maximum atomic E-state index is 14.6. The summed E-state index contributed by atoms with van der Waals surface area (Å²) in [4.78, 5) is 26.7. The van der Waals surface area contributed by atoms with Crippen molar-refractivity contribution in [3.05, 3.63) is 40.3 Å². The molecule has 2 N–H and O–H groups in total. The number of rotatable bonds is 4. The summed E-state index contributed by atoms with van der Waals surface area (Å²) in [6.07, 6.45) is 0. The number of nitrogens with zero attached hydrogens (tertiary/aromatic N) is 1. The number of carbonyl (C=O) groups excluding carboxylic acids is 1. The highest BCUT2D eigenvalue weighted by Crippen LogP contribution is 2.35. The summed E-state index contributed by atoms with van der Waals surface area (Å²) in [5.41, 5.74) is 0.255. The number of methoxy groups -OCH3 is 1. The van der Waals surface area contributed by atoms with Crippen molar-refractivity contribution < 1.29 is 23.8 Å². The van der Waals surface area contributed by atoms with Crippen molar-refractivity contribution in [2.75, 3.05) is 12.4 Å². The lowest BCUT2D eigenvalue weighted by atomic mass is 10.1. The van der Waals surface area contributed by atoms with E-state index < -0.39 is 11.8 Å². The van der Waals surface area contributed by atoms with Crippen LogP contribution in [-0.4, -0.2) is 29.1 Å². The molecule has 0 fully saturated rings. The van der Waals surface area contributed by atoms with Gasteiger partial charge in [-0.2, -0.15) is 0 Å². The van der Waals surface area contributed by atoms with Gasteiger partial charge in [0.25, 0.3) is 0 Å². The second-order valence-corrected chi connectivity index (χ2v) is 5.36. The third-order valence-electron chi connectivity index (χ3n) is 3.31. The second-order valence-electron chi connectivity index (χ2n) is 4.96. The summed E-state index contributed by atoms with van der Waals surface area (Å²) in [5.74, 6) is -2.62. The highest BCUT2D eigenvalue weighted by Gasteiger charge is 2.20. The number of carboxylic acid groups (broad SMARTS) is 1. The topological polar surface area (TPSA) is 88.5 Å². The zero-order valence-electron chi connectivity index (χ0n) is 13.1. The SMILES string of the molecule is COc1c(Cl)ccc(-c2cc(NC(C)=O)c(C)c(C(=O)O)n2)c1F.